The van der Waals surface area contributed by atoms with Gasteiger partial charge >= 0.3 is 0 Å². The highest BCUT2D eigenvalue weighted by Crippen LogP contribution is 2.19. The third-order valence-corrected chi connectivity index (χ3v) is 5.33. The fourth-order valence-corrected chi connectivity index (χ4v) is 2.70. The van der Waals surface area contributed by atoms with E-state index in [4.69, 9.17) is 0 Å². The second-order valence-corrected chi connectivity index (χ2v) is 13.8. The second-order valence-electron chi connectivity index (χ2n) is 7.13. The molecule has 0 aliphatic heterocycles. The lowest BCUT2D eigenvalue weighted by Crippen LogP contribution is -2.47. The van der Waals surface area contributed by atoms with Gasteiger partial charge in [-0.2, -0.15) is 0 Å². The van der Waals surface area contributed by atoms with Crippen LogP contribution in [0.3, 0.4) is 0 Å². The second kappa shape index (κ2) is 6.36. The van der Waals surface area contributed by atoms with E-state index in [1.165, 1.54) is 0 Å². The van der Waals surface area contributed by atoms with E-state index in [1.807, 2.05) is 20.8 Å². The molecule has 0 fully saturated rings. The smallest absolute Gasteiger partial charge is 0.129 e. The van der Waals surface area contributed by atoms with Crippen LogP contribution in [0.15, 0.2) is 0 Å². The molecule has 0 spiro atoms. The molecule has 2 atom stereocenters. The van der Waals surface area contributed by atoms with E-state index in [0.29, 0.717) is 0 Å². The van der Waals surface area contributed by atoms with Crippen molar-refractivity contribution in [3.05, 3.63) is 0 Å². The van der Waals surface area contributed by atoms with Crippen LogP contribution in [-0.4, -0.2) is 22.6 Å². The Bertz CT molecular complexity index is 357. The lowest BCUT2D eigenvalue weighted by molar-refractivity contribution is 0.418. The van der Waals surface area contributed by atoms with Crippen LogP contribution in [0.2, 0.25) is 19.6 Å². The molecular weight excluding hydrogens is 258 g/mol. The molecule has 0 saturated carbocycles. The van der Waals surface area contributed by atoms with Crippen LogP contribution in [0, 0.1) is 11.5 Å². The maximum absolute atomic E-state index is 12.2. The van der Waals surface area contributed by atoms with Gasteiger partial charge in [0.2, 0.25) is 0 Å². The summed E-state index contributed by atoms with van der Waals surface area (Å²) in [5, 5.41) is 0. The Morgan fingerprint density at radius 1 is 1.17 bits per heavy atom. The number of hydrogen-bond acceptors (Lipinski definition) is 1. The summed E-state index contributed by atoms with van der Waals surface area (Å²) >= 11 is 0. The molecular formula is C14H29NOSSi. The molecule has 0 radical (unpaired) electrons. The van der Waals surface area contributed by atoms with Crippen molar-refractivity contribution in [3.8, 4) is 11.5 Å². The van der Waals surface area contributed by atoms with E-state index in [2.05, 4.69) is 49.7 Å². The molecule has 0 unspecified atom stereocenters. The number of rotatable bonds is 4. The molecule has 0 aromatic heterocycles. The van der Waals surface area contributed by atoms with Gasteiger partial charge in [-0.25, -0.2) is 8.93 Å². The molecule has 0 aromatic carbocycles. The van der Waals surface area contributed by atoms with Crippen molar-refractivity contribution in [2.75, 3.05) is 0 Å². The number of nitrogens with one attached hydrogen (secondary N) is 1. The zero-order valence-corrected chi connectivity index (χ0v) is 15.0. The van der Waals surface area contributed by atoms with E-state index in [9.17, 15) is 4.21 Å². The van der Waals surface area contributed by atoms with Gasteiger partial charge in [-0.05, 0) is 34.1 Å². The van der Waals surface area contributed by atoms with Gasteiger partial charge in [-0.1, -0.05) is 26.6 Å². The van der Waals surface area contributed by atoms with Gasteiger partial charge in [-0.15, -0.1) is 11.5 Å². The molecule has 4 heteroatoms. The molecule has 2 nitrogen and oxygen atoms in total. The first-order valence-electron chi connectivity index (χ1n) is 6.59. The molecule has 1 N–H and O–H groups in total. The third-order valence-electron chi connectivity index (χ3n) is 2.62. The Kier molecular flexibility index (Phi) is 6.32. The van der Waals surface area contributed by atoms with E-state index < -0.39 is 19.1 Å². The van der Waals surface area contributed by atoms with Crippen LogP contribution < -0.4 is 4.72 Å². The van der Waals surface area contributed by atoms with Crippen molar-refractivity contribution >= 4 is 19.1 Å². The summed E-state index contributed by atoms with van der Waals surface area (Å²) in [6.45, 7) is 16.9. The van der Waals surface area contributed by atoms with Gasteiger partial charge in [0.15, 0.2) is 0 Å². The van der Waals surface area contributed by atoms with Crippen molar-refractivity contribution in [2.24, 2.45) is 0 Å². The normalized spacial score (nSPS) is 17.6. The Hall–Kier alpha value is -0.113. The molecule has 0 rings (SSSR count). The lowest BCUT2D eigenvalue weighted by atomic mass is 9.97. The van der Waals surface area contributed by atoms with E-state index in [1.54, 1.807) is 0 Å². The van der Waals surface area contributed by atoms with Gasteiger partial charge in [0, 0.05) is 12.0 Å². The highest BCUT2D eigenvalue weighted by molar-refractivity contribution is 7.84. The van der Waals surface area contributed by atoms with Crippen LogP contribution in [0.25, 0.3) is 0 Å². The Morgan fingerprint density at radius 3 is 2.00 bits per heavy atom. The molecule has 0 aliphatic rings. The largest absolute Gasteiger partial charge is 0.242 e. The summed E-state index contributed by atoms with van der Waals surface area (Å²) in [6.07, 6.45) is 1.69. The van der Waals surface area contributed by atoms with Gasteiger partial charge in [0.1, 0.15) is 8.07 Å². The predicted octanol–water partition coefficient (Wildman–Crippen LogP) is 3.48. The van der Waals surface area contributed by atoms with Crippen molar-refractivity contribution in [1.29, 1.82) is 0 Å². The summed E-state index contributed by atoms with van der Waals surface area (Å²) < 4.78 is 15.2. The average molecular weight is 288 g/mol. The van der Waals surface area contributed by atoms with E-state index >= 15 is 0 Å². The molecule has 0 bridgehead atoms. The molecule has 106 valence electrons. The minimum Gasteiger partial charge on any atom is -0.242 e. The SMILES string of the molecule is CC[C@](C)(CC#C[Si](C)(C)C)N[S@](=O)C(C)(C)C. The van der Waals surface area contributed by atoms with E-state index in [0.717, 1.165) is 12.8 Å². The first-order chi connectivity index (χ1) is 7.90. The molecule has 0 saturated heterocycles. The summed E-state index contributed by atoms with van der Waals surface area (Å²) in [5.74, 6) is 3.29. The average Bonchev–Trinajstić information content (AvgIpc) is 2.14. The Morgan fingerprint density at radius 2 is 1.67 bits per heavy atom. The van der Waals surface area contributed by atoms with Crippen molar-refractivity contribution in [1.82, 2.24) is 4.72 Å². The summed E-state index contributed by atoms with van der Waals surface area (Å²) in [7, 11) is -2.35. The van der Waals surface area contributed by atoms with E-state index in [-0.39, 0.29) is 10.3 Å². The Labute approximate surface area is 117 Å². The standard InChI is InChI=1S/C14H29NOSSi/c1-9-14(5,11-10-12-18(6,7)8)15-17(16)13(2,3)4/h15H,9,11H2,1-8H3/t14-,17-/m1/s1. The quantitative estimate of drug-likeness (QED) is 0.622. The van der Waals surface area contributed by atoms with Crippen molar-refractivity contribution in [3.63, 3.8) is 0 Å². The first-order valence-corrected chi connectivity index (χ1v) is 11.2. The van der Waals surface area contributed by atoms with Gasteiger partial charge in [0.05, 0.1) is 15.7 Å². The minimum absolute atomic E-state index is 0.162. The molecule has 0 heterocycles. The predicted molar refractivity (Wildman–Crippen MR) is 85.5 cm³/mol. The maximum Gasteiger partial charge on any atom is 0.129 e. The topological polar surface area (TPSA) is 29.1 Å². The fourth-order valence-electron chi connectivity index (χ4n) is 1.11. The summed E-state index contributed by atoms with van der Waals surface area (Å²) in [4.78, 5) is 0. The van der Waals surface area contributed by atoms with Crippen LogP contribution in [-0.2, 0) is 11.0 Å². The lowest BCUT2D eigenvalue weighted by Gasteiger charge is -2.31. The van der Waals surface area contributed by atoms with Crippen LogP contribution in [0.5, 0.6) is 0 Å². The molecule has 0 amide bonds. The third kappa shape index (κ3) is 7.35. The van der Waals surface area contributed by atoms with Crippen LogP contribution in [0.4, 0.5) is 0 Å². The first kappa shape index (κ1) is 17.9. The molecule has 0 aliphatic carbocycles. The van der Waals surface area contributed by atoms with Gasteiger partial charge < -0.3 is 0 Å². The molecule has 0 aromatic rings. The van der Waals surface area contributed by atoms with Crippen LogP contribution >= 0.6 is 0 Å². The summed E-state index contributed by atoms with van der Waals surface area (Å²) in [5.41, 5.74) is 3.21. The zero-order valence-electron chi connectivity index (χ0n) is 13.2. The fraction of sp³-hybridized carbons (Fsp3) is 0.857. The minimum atomic E-state index is -1.31. The highest BCUT2D eigenvalue weighted by Gasteiger charge is 2.28. The van der Waals surface area contributed by atoms with Crippen molar-refractivity contribution < 1.29 is 4.21 Å². The highest BCUT2D eigenvalue weighted by atomic mass is 32.2. The van der Waals surface area contributed by atoms with Crippen molar-refractivity contribution in [2.45, 2.75) is 77.4 Å². The van der Waals surface area contributed by atoms with Gasteiger partial charge in [-0.3, -0.25) is 0 Å². The van der Waals surface area contributed by atoms with Gasteiger partial charge in [0.25, 0.3) is 0 Å². The molecule has 18 heavy (non-hydrogen) atoms. The zero-order chi connectivity index (χ0) is 14.6. The summed E-state index contributed by atoms with van der Waals surface area (Å²) in [6, 6.07) is 0. The monoisotopic (exact) mass is 287 g/mol. The number of hydrogen-bond donors (Lipinski definition) is 1. The Balaban J connectivity index is 4.72. The maximum atomic E-state index is 12.2. The van der Waals surface area contributed by atoms with Crippen LogP contribution in [0.1, 0.15) is 47.5 Å².